The summed E-state index contributed by atoms with van der Waals surface area (Å²) in [7, 11) is 1.57. The summed E-state index contributed by atoms with van der Waals surface area (Å²) in [4.78, 5) is 13.2. The van der Waals surface area contributed by atoms with Gasteiger partial charge in [-0.3, -0.25) is 4.79 Å². The molecule has 108 valence electrons. The lowest BCUT2D eigenvalue weighted by atomic mass is 10.1. The average Bonchev–Trinajstić information content (AvgIpc) is 2.38. The zero-order valence-corrected chi connectivity index (χ0v) is 11.2. The molecule has 20 heavy (non-hydrogen) atoms. The summed E-state index contributed by atoms with van der Waals surface area (Å²) < 4.78 is 37.2. The number of nitriles is 1. The Labute approximate surface area is 115 Å². The van der Waals surface area contributed by atoms with Gasteiger partial charge in [0.2, 0.25) is 5.91 Å². The molecule has 0 radical (unpaired) electrons. The predicted molar refractivity (Wildman–Crippen MR) is 67.6 cm³/mol. The molecule has 6 heteroatoms. The van der Waals surface area contributed by atoms with Crippen LogP contribution in [0.1, 0.15) is 18.1 Å². The number of rotatable bonds is 4. The molecule has 0 aliphatic rings. The summed E-state index contributed by atoms with van der Waals surface area (Å²) in [5.41, 5.74) is -0.223. The standard InChI is InChI=1S/C14H15F3N2O/c1-10(8-18)9-19(2)13(20)7-11-3-5-12(6-4-11)14(15,16)17/h3-6,10H,7,9H2,1-2H3. The zero-order valence-electron chi connectivity index (χ0n) is 11.2. The minimum absolute atomic E-state index is 0.0206. The van der Waals surface area contributed by atoms with Crippen LogP contribution in [0.15, 0.2) is 24.3 Å². The van der Waals surface area contributed by atoms with E-state index in [1.807, 2.05) is 6.07 Å². The summed E-state index contributed by atoms with van der Waals surface area (Å²) in [6.45, 7) is 2.00. The van der Waals surface area contributed by atoms with Crippen LogP contribution in [0.2, 0.25) is 0 Å². The third kappa shape index (κ3) is 4.57. The number of halogens is 3. The molecule has 1 aromatic carbocycles. The lowest BCUT2D eigenvalue weighted by Gasteiger charge is -2.18. The van der Waals surface area contributed by atoms with E-state index < -0.39 is 11.7 Å². The Morgan fingerprint density at radius 1 is 1.35 bits per heavy atom. The maximum absolute atomic E-state index is 12.4. The highest BCUT2D eigenvalue weighted by Gasteiger charge is 2.30. The molecular weight excluding hydrogens is 269 g/mol. The van der Waals surface area contributed by atoms with Crippen LogP contribution < -0.4 is 0 Å². The fraction of sp³-hybridized carbons (Fsp3) is 0.429. The second-order valence-corrected chi connectivity index (χ2v) is 4.68. The van der Waals surface area contributed by atoms with Crippen molar-refractivity contribution in [3.63, 3.8) is 0 Å². The van der Waals surface area contributed by atoms with Crippen molar-refractivity contribution in [1.29, 1.82) is 5.26 Å². The Morgan fingerprint density at radius 2 is 1.90 bits per heavy atom. The van der Waals surface area contributed by atoms with E-state index >= 15 is 0 Å². The van der Waals surface area contributed by atoms with Crippen molar-refractivity contribution in [2.24, 2.45) is 5.92 Å². The van der Waals surface area contributed by atoms with Gasteiger partial charge in [0.15, 0.2) is 0 Å². The summed E-state index contributed by atoms with van der Waals surface area (Å²) in [6, 6.07) is 6.53. The highest BCUT2D eigenvalue weighted by Crippen LogP contribution is 2.29. The lowest BCUT2D eigenvalue weighted by Crippen LogP contribution is -2.31. The van der Waals surface area contributed by atoms with Crippen LogP contribution in [0.25, 0.3) is 0 Å². The quantitative estimate of drug-likeness (QED) is 0.853. The van der Waals surface area contributed by atoms with Crippen LogP contribution >= 0.6 is 0 Å². The first-order valence-electron chi connectivity index (χ1n) is 6.03. The van der Waals surface area contributed by atoms with Crippen LogP contribution in [-0.2, 0) is 17.4 Å². The van der Waals surface area contributed by atoms with Gasteiger partial charge in [-0.15, -0.1) is 0 Å². The van der Waals surface area contributed by atoms with E-state index in [4.69, 9.17) is 5.26 Å². The molecule has 0 heterocycles. The third-order valence-electron chi connectivity index (χ3n) is 2.83. The van der Waals surface area contributed by atoms with Crippen molar-refractivity contribution in [1.82, 2.24) is 4.90 Å². The van der Waals surface area contributed by atoms with Crippen LogP contribution in [0.4, 0.5) is 13.2 Å². The number of hydrogen-bond donors (Lipinski definition) is 0. The molecule has 1 rings (SSSR count). The fourth-order valence-electron chi connectivity index (χ4n) is 1.67. The molecule has 0 aliphatic carbocycles. The Kier molecular flexibility index (Phi) is 5.14. The number of alkyl halides is 3. The zero-order chi connectivity index (χ0) is 15.3. The first-order chi connectivity index (χ1) is 9.24. The highest BCUT2D eigenvalue weighted by molar-refractivity contribution is 5.78. The van der Waals surface area contributed by atoms with Gasteiger partial charge in [-0.05, 0) is 24.6 Å². The molecule has 1 unspecified atom stereocenters. The van der Waals surface area contributed by atoms with Gasteiger partial charge in [0.05, 0.1) is 24.0 Å². The first-order valence-corrected chi connectivity index (χ1v) is 6.03. The summed E-state index contributed by atoms with van der Waals surface area (Å²) in [6.07, 6.45) is -4.35. The minimum Gasteiger partial charge on any atom is -0.344 e. The Hall–Kier alpha value is -2.03. The van der Waals surface area contributed by atoms with Gasteiger partial charge in [0.25, 0.3) is 0 Å². The largest absolute Gasteiger partial charge is 0.416 e. The van der Waals surface area contributed by atoms with Gasteiger partial charge >= 0.3 is 6.18 Å². The van der Waals surface area contributed by atoms with Crippen molar-refractivity contribution < 1.29 is 18.0 Å². The number of carbonyl (C=O) groups excluding carboxylic acids is 1. The molecule has 0 aromatic heterocycles. The van der Waals surface area contributed by atoms with Gasteiger partial charge in [0, 0.05) is 13.6 Å². The Bertz CT molecular complexity index is 503. The van der Waals surface area contributed by atoms with Gasteiger partial charge in [-0.25, -0.2) is 0 Å². The van der Waals surface area contributed by atoms with Gasteiger partial charge in [-0.1, -0.05) is 12.1 Å². The van der Waals surface area contributed by atoms with E-state index in [1.165, 1.54) is 17.0 Å². The molecule has 0 spiro atoms. The normalized spacial score (nSPS) is 12.6. The maximum atomic E-state index is 12.4. The fourth-order valence-corrected chi connectivity index (χ4v) is 1.67. The molecule has 0 bridgehead atoms. The molecule has 0 aliphatic heterocycles. The lowest BCUT2D eigenvalue weighted by molar-refractivity contribution is -0.137. The predicted octanol–water partition coefficient (Wildman–Crippen LogP) is 2.87. The number of carbonyl (C=O) groups is 1. The van der Waals surface area contributed by atoms with E-state index in [9.17, 15) is 18.0 Å². The number of nitrogens with zero attached hydrogens (tertiary/aromatic N) is 2. The van der Waals surface area contributed by atoms with E-state index in [-0.39, 0.29) is 18.2 Å². The SMILES string of the molecule is CC(C#N)CN(C)C(=O)Cc1ccc(C(F)(F)F)cc1. The molecule has 3 nitrogen and oxygen atoms in total. The van der Waals surface area contributed by atoms with Crippen LogP contribution in [-0.4, -0.2) is 24.4 Å². The van der Waals surface area contributed by atoms with E-state index in [1.54, 1.807) is 14.0 Å². The average molecular weight is 284 g/mol. The van der Waals surface area contributed by atoms with Crippen LogP contribution in [0.3, 0.4) is 0 Å². The monoisotopic (exact) mass is 284 g/mol. The molecule has 0 saturated heterocycles. The van der Waals surface area contributed by atoms with Gasteiger partial charge < -0.3 is 4.90 Å². The Morgan fingerprint density at radius 3 is 2.35 bits per heavy atom. The van der Waals surface area contributed by atoms with Crippen molar-refractivity contribution in [3.8, 4) is 6.07 Å². The molecule has 1 aromatic rings. The van der Waals surface area contributed by atoms with E-state index in [0.29, 0.717) is 12.1 Å². The molecule has 1 atom stereocenters. The van der Waals surface area contributed by atoms with Crippen molar-refractivity contribution >= 4 is 5.91 Å². The third-order valence-corrected chi connectivity index (χ3v) is 2.83. The minimum atomic E-state index is -4.37. The first kappa shape index (κ1) is 16.0. The van der Waals surface area contributed by atoms with Crippen molar-refractivity contribution in [2.75, 3.05) is 13.6 Å². The summed E-state index contributed by atoms with van der Waals surface area (Å²) in [5.74, 6) is -0.511. The highest BCUT2D eigenvalue weighted by atomic mass is 19.4. The maximum Gasteiger partial charge on any atom is 0.416 e. The second-order valence-electron chi connectivity index (χ2n) is 4.68. The summed E-state index contributed by atoms with van der Waals surface area (Å²) in [5, 5.41) is 8.67. The van der Waals surface area contributed by atoms with Crippen molar-refractivity contribution in [2.45, 2.75) is 19.5 Å². The van der Waals surface area contributed by atoms with E-state index in [2.05, 4.69) is 0 Å². The van der Waals surface area contributed by atoms with Gasteiger partial charge in [-0.2, -0.15) is 18.4 Å². The smallest absolute Gasteiger partial charge is 0.344 e. The molecule has 1 amide bonds. The van der Waals surface area contributed by atoms with E-state index in [0.717, 1.165) is 12.1 Å². The molecule has 0 fully saturated rings. The van der Waals surface area contributed by atoms with Crippen LogP contribution in [0, 0.1) is 17.2 Å². The van der Waals surface area contributed by atoms with Gasteiger partial charge in [0.1, 0.15) is 0 Å². The topological polar surface area (TPSA) is 44.1 Å². The van der Waals surface area contributed by atoms with Crippen molar-refractivity contribution in [3.05, 3.63) is 35.4 Å². The number of amides is 1. The summed E-state index contributed by atoms with van der Waals surface area (Å²) >= 11 is 0. The number of hydrogen-bond acceptors (Lipinski definition) is 2. The number of likely N-dealkylation sites (N-methyl/N-ethyl adjacent to an activating group) is 1. The molecule has 0 saturated carbocycles. The Balaban J connectivity index is 2.65. The number of benzene rings is 1. The van der Waals surface area contributed by atoms with Crippen LogP contribution in [0.5, 0.6) is 0 Å². The molecular formula is C14H15F3N2O. The second kappa shape index (κ2) is 6.42. The molecule has 0 N–H and O–H groups in total.